The summed E-state index contributed by atoms with van der Waals surface area (Å²) in [5.41, 5.74) is 3.09. The molecule has 0 bridgehead atoms. The van der Waals surface area contributed by atoms with Crippen molar-refractivity contribution in [2.75, 3.05) is 0 Å². The minimum absolute atomic E-state index is 0.594. The zero-order valence-electron chi connectivity index (χ0n) is 7.74. The number of aryl methyl sites for hydroxylation is 1. The van der Waals surface area contributed by atoms with Crippen LogP contribution in [0.5, 0.6) is 0 Å². The fraction of sp³-hybridized carbons (Fsp3) is 0.444. The van der Waals surface area contributed by atoms with E-state index in [9.17, 15) is 0 Å². The van der Waals surface area contributed by atoms with E-state index >= 15 is 0 Å². The summed E-state index contributed by atoms with van der Waals surface area (Å²) in [7, 11) is 0. The Bertz CT molecular complexity index is 501. The van der Waals surface area contributed by atoms with E-state index in [1.54, 1.807) is 10.8 Å². The maximum Gasteiger partial charge on any atom is 0.180 e. The first-order chi connectivity index (χ1) is 6.77. The van der Waals surface area contributed by atoms with Crippen molar-refractivity contribution >= 4 is 17.2 Å². The predicted octanol–water partition coefficient (Wildman–Crippen LogP) is 1.96. The maximum absolute atomic E-state index is 6.11. The van der Waals surface area contributed by atoms with Gasteiger partial charge in [-0.3, -0.25) is 0 Å². The summed E-state index contributed by atoms with van der Waals surface area (Å²) >= 11 is 6.11. The van der Waals surface area contributed by atoms with Crippen molar-refractivity contribution in [3.8, 4) is 0 Å². The topological polar surface area (TPSA) is 43.1 Å². The zero-order valence-corrected chi connectivity index (χ0v) is 8.49. The molecule has 2 heterocycles. The Balaban J connectivity index is 2.36. The Morgan fingerprint density at radius 1 is 1.50 bits per heavy atom. The van der Waals surface area contributed by atoms with E-state index < -0.39 is 0 Å². The number of fused-ring (bicyclic) bond motifs is 1. The van der Waals surface area contributed by atoms with Gasteiger partial charge in [-0.25, -0.2) is 0 Å². The molecule has 0 N–H and O–H groups in total. The van der Waals surface area contributed by atoms with Gasteiger partial charge in [0.2, 0.25) is 0 Å². The van der Waals surface area contributed by atoms with E-state index in [4.69, 9.17) is 11.6 Å². The highest BCUT2D eigenvalue weighted by Crippen LogP contribution is 2.44. The molecule has 0 amide bonds. The van der Waals surface area contributed by atoms with Gasteiger partial charge in [-0.1, -0.05) is 11.6 Å². The molecule has 0 saturated heterocycles. The summed E-state index contributed by atoms with van der Waals surface area (Å²) in [6, 6.07) is 0. The highest BCUT2D eigenvalue weighted by Gasteiger charge is 2.29. The summed E-state index contributed by atoms with van der Waals surface area (Å²) in [6.07, 6.45) is 4.00. The van der Waals surface area contributed by atoms with Crippen LogP contribution in [0.15, 0.2) is 6.33 Å². The quantitative estimate of drug-likeness (QED) is 0.720. The molecule has 5 heteroatoms. The van der Waals surface area contributed by atoms with Gasteiger partial charge in [-0.2, -0.15) is 9.61 Å². The average molecular weight is 209 g/mol. The summed E-state index contributed by atoms with van der Waals surface area (Å²) < 4.78 is 1.63. The van der Waals surface area contributed by atoms with Gasteiger partial charge in [0.15, 0.2) is 10.8 Å². The molecular formula is C9H9ClN4. The number of halogens is 1. The van der Waals surface area contributed by atoms with Crippen molar-refractivity contribution in [2.24, 2.45) is 0 Å². The number of hydrogen-bond acceptors (Lipinski definition) is 3. The second-order valence-electron chi connectivity index (χ2n) is 3.70. The van der Waals surface area contributed by atoms with Crippen molar-refractivity contribution in [3.05, 3.63) is 22.6 Å². The molecule has 72 valence electrons. The fourth-order valence-corrected chi connectivity index (χ4v) is 2.20. The van der Waals surface area contributed by atoms with Gasteiger partial charge in [0, 0.05) is 11.1 Å². The molecule has 0 spiro atoms. The van der Waals surface area contributed by atoms with Crippen LogP contribution >= 0.6 is 11.6 Å². The van der Waals surface area contributed by atoms with Crippen LogP contribution in [0.25, 0.3) is 5.65 Å². The Morgan fingerprint density at radius 2 is 2.29 bits per heavy atom. The van der Waals surface area contributed by atoms with Crippen LogP contribution in [0, 0.1) is 6.92 Å². The molecule has 0 atom stereocenters. The highest BCUT2D eigenvalue weighted by atomic mass is 35.5. The fourth-order valence-electron chi connectivity index (χ4n) is 1.82. The average Bonchev–Trinajstić information content (AvgIpc) is 2.84. The predicted molar refractivity (Wildman–Crippen MR) is 52.5 cm³/mol. The van der Waals surface area contributed by atoms with Crippen LogP contribution < -0.4 is 0 Å². The number of hydrogen-bond donors (Lipinski definition) is 0. The molecule has 0 aromatic carbocycles. The van der Waals surface area contributed by atoms with Crippen molar-refractivity contribution in [1.29, 1.82) is 0 Å². The monoisotopic (exact) mass is 208 g/mol. The molecule has 3 rings (SSSR count). The van der Waals surface area contributed by atoms with Crippen LogP contribution in [0.1, 0.15) is 29.9 Å². The molecule has 4 nitrogen and oxygen atoms in total. The Labute approximate surface area is 85.9 Å². The van der Waals surface area contributed by atoms with Crippen LogP contribution in [0.4, 0.5) is 0 Å². The van der Waals surface area contributed by atoms with Gasteiger partial charge in [0.05, 0.1) is 0 Å². The first-order valence-corrected chi connectivity index (χ1v) is 5.01. The van der Waals surface area contributed by atoms with E-state index in [0.717, 1.165) is 16.8 Å². The van der Waals surface area contributed by atoms with Crippen LogP contribution in [-0.2, 0) is 0 Å². The van der Waals surface area contributed by atoms with E-state index in [1.807, 2.05) is 6.92 Å². The molecular weight excluding hydrogens is 200 g/mol. The van der Waals surface area contributed by atoms with Crippen molar-refractivity contribution in [2.45, 2.75) is 25.7 Å². The van der Waals surface area contributed by atoms with E-state index in [2.05, 4.69) is 15.3 Å². The lowest BCUT2D eigenvalue weighted by Crippen LogP contribution is -1.99. The molecule has 14 heavy (non-hydrogen) atoms. The third kappa shape index (κ3) is 1.04. The number of aromatic nitrogens is 4. The molecule has 1 aliphatic carbocycles. The summed E-state index contributed by atoms with van der Waals surface area (Å²) in [5.74, 6) is 0.594. The lowest BCUT2D eigenvalue weighted by molar-refractivity contribution is 0.893. The van der Waals surface area contributed by atoms with Crippen LogP contribution in [0.3, 0.4) is 0 Å². The summed E-state index contributed by atoms with van der Waals surface area (Å²) in [5, 5.41) is 12.6. The van der Waals surface area contributed by atoms with Crippen LogP contribution in [0.2, 0.25) is 5.15 Å². The van der Waals surface area contributed by atoms with Gasteiger partial charge in [0.25, 0.3) is 0 Å². The maximum atomic E-state index is 6.11. The first kappa shape index (κ1) is 8.17. The Hall–Kier alpha value is -1.16. The van der Waals surface area contributed by atoms with Crippen molar-refractivity contribution < 1.29 is 0 Å². The van der Waals surface area contributed by atoms with Crippen LogP contribution in [-0.4, -0.2) is 19.8 Å². The normalized spacial score (nSPS) is 16.4. The molecule has 1 aliphatic rings. The molecule has 1 fully saturated rings. The van der Waals surface area contributed by atoms with Gasteiger partial charge in [0.1, 0.15) is 6.33 Å². The largest absolute Gasteiger partial charge is 0.199 e. The standard InChI is InChI=1S/C9H9ClN4/c1-5-7(6-2-3-6)8(10)13-14-4-11-12-9(5)14/h4,6H,2-3H2,1H3. The molecule has 2 aromatic rings. The number of rotatable bonds is 1. The van der Waals surface area contributed by atoms with Crippen molar-refractivity contribution in [1.82, 2.24) is 19.8 Å². The third-order valence-corrected chi connectivity index (χ3v) is 2.95. The van der Waals surface area contributed by atoms with E-state index in [0.29, 0.717) is 11.1 Å². The Morgan fingerprint density at radius 3 is 3.00 bits per heavy atom. The molecule has 0 unspecified atom stereocenters. The lowest BCUT2D eigenvalue weighted by atomic mass is 10.1. The summed E-state index contributed by atoms with van der Waals surface area (Å²) in [6.45, 7) is 2.03. The Kier molecular flexibility index (Phi) is 1.56. The third-order valence-electron chi connectivity index (χ3n) is 2.67. The molecule has 2 aromatic heterocycles. The summed E-state index contributed by atoms with van der Waals surface area (Å²) in [4.78, 5) is 0. The van der Waals surface area contributed by atoms with Gasteiger partial charge >= 0.3 is 0 Å². The second kappa shape index (κ2) is 2.67. The molecule has 1 saturated carbocycles. The SMILES string of the molecule is Cc1c(C2CC2)c(Cl)nn2cnnc12. The van der Waals surface area contributed by atoms with E-state index in [1.165, 1.54) is 12.8 Å². The lowest BCUT2D eigenvalue weighted by Gasteiger charge is -2.06. The van der Waals surface area contributed by atoms with Gasteiger partial charge in [-0.05, 0) is 25.7 Å². The number of nitrogens with zero attached hydrogens (tertiary/aromatic N) is 4. The van der Waals surface area contributed by atoms with Gasteiger partial charge < -0.3 is 0 Å². The van der Waals surface area contributed by atoms with Gasteiger partial charge in [-0.15, -0.1) is 10.2 Å². The first-order valence-electron chi connectivity index (χ1n) is 4.63. The van der Waals surface area contributed by atoms with Crippen molar-refractivity contribution in [3.63, 3.8) is 0 Å². The minimum atomic E-state index is 0.594. The minimum Gasteiger partial charge on any atom is -0.199 e. The van der Waals surface area contributed by atoms with E-state index in [-0.39, 0.29) is 0 Å². The molecule has 0 radical (unpaired) electrons. The smallest absolute Gasteiger partial charge is 0.180 e. The second-order valence-corrected chi connectivity index (χ2v) is 4.06. The molecule has 0 aliphatic heterocycles. The zero-order chi connectivity index (χ0) is 9.71. The highest BCUT2D eigenvalue weighted by molar-refractivity contribution is 6.30.